The summed E-state index contributed by atoms with van der Waals surface area (Å²) in [6, 6.07) is 2.88. The Balaban J connectivity index is 2.20. The molecule has 1 unspecified atom stereocenters. The molecule has 0 aromatic heterocycles. The van der Waals surface area contributed by atoms with E-state index in [9.17, 15) is 5.11 Å². The lowest BCUT2D eigenvalue weighted by Gasteiger charge is -2.30. The van der Waals surface area contributed by atoms with Crippen LogP contribution >= 0.6 is 0 Å². The van der Waals surface area contributed by atoms with Crippen LogP contribution in [-0.2, 0) is 0 Å². The molecule has 0 spiro atoms. The van der Waals surface area contributed by atoms with E-state index in [1.165, 1.54) is 36.4 Å². The summed E-state index contributed by atoms with van der Waals surface area (Å²) in [5.41, 5.74) is 3.66. The van der Waals surface area contributed by atoms with E-state index in [1.807, 2.05) is 6.92 Å². The normalized spacial score (nSPS) is 31.1. The second kappa shape index (κ2) is 5.82. The fourth-order valence-electron chi connectivity index (χ4n) is 2.90. The second-order valence-electron chi connectivity index (χ2n) is 5.03. The first-order valence-electron chi connectivity index (χ1n) is 6.91. The zero-order valence-electron chi connectivity index (χ0n) is 11.1. The van der Waals surface area contributed by atoms with Crippen LogP contribution in [0.25, 0.3) is 0 Å². The summed E-state index contributed by atoms with van der Waals surface area (Å²) in [6.07, 6.45) is 1.53. The Morgan fingerprint density at radius 3 is 2.82 bits per heavy atom. The van der Waals surface area contributed by atoms with Crippen molar-refractivity contribution >= 4 is 15.2 Å². The summed E-state index contributed by atoms with van der Waals surface area (Å²) in [4.78, 5) is 7.00. The van der Waals surface area contributed by atoms with Gasteiger partial charge in [-0.05, 0) is 44.4 Å². The van der Waals surface area contributed by atoms with Gasteiger partial charge in [0.1, 0.15) is 0 Å². The van der Waals surface area contributed by atoms with Crippen molar-refractivity contribution < 1.29 is 5.11 Å². The van der Waals surface area contributed by atoms with E-state index in [0.717, 1.165) is 25.1 Å². The molecular formula is C13H24N2OSi. The van der Waals surface area contributed by atoms with Crippen molar-refractivity contribution in [3.63, 3.8) is 0 Å². The van der Waals surface area contributed by atoms with Crippen molar-refractivity contribution in [2.24, 2.45) is 4.99 Å². The highest BCUT2D eigenvalue weighted by atomic mass is 28.2. The van der Waals surface area contributed by atoms with Crippen molar-refractivity contribution in [1.29, 1.82) is 0 Å². The van der Waals surface area contributed by atoms with Crippen molar-refractivity contribution in [1.82, 2.24) is 4.90 Å². The molecule has 1 atom stereocenters. The van der Waals surface area contributed by atoms with Crippen molar-refractivity contribution in [3.05, 3.63) is 11.3 Å². The molecule has 0 radical (unpaired) electrons. The van der Waals surface area contributed by atoms with Gasteiger partial charge in [0, 0.05) is 34.9 Å². The number of aliphatic imine (C=N–C) groups is 1. The zero-order valence-corrected chi connectivity index (χ0v) is 12.5. The SMILES string of the molecule is CCN=C1/C(=C(\C)N2CC[SiH2]CC2)CCC1O. The highest BCUT2D eigenvalue weighted by Crippen LogP contribution is 2.28. The number of hydrogen-bond acceptors (Lipinski definition) is 3. The molecular weight excluding hydrogens is 228 g/mol. The highest BCUT2D eigenvalue weighted by molar-refractivity contribution is 6.35. The highest BCUT2D eigenvalue weighted by Gasteiger charge is 2.28. The van der Waals surface area contributed by atoms with Crippen LogP contribution in [0.15, 0.2) is 16.3 Å². The number of rotatable bonds is 2. The van der Waals surface area contributed by atoms with Gasteiger partial charge in [0.05, 0.1) is 11.8 Å². The number of aliphatic hydroxyl groups excluding tert-OH is 1. The molecule has 4 heteroatoms. The maximum atomic E-state index is 9.96. The Morgan fingerprint density at radius 2 is 2.18 bits per heavy atom. The Hall–Kier alpha value is -0.613. The van der Waals surface area contributed by atoms with Gasteiger partial charge >= 0.3 is 0 Å². The molecule has 0 aromatic carbocycles. The molecule has 0 amide bonds. The molecule has 1 saturated carbocycles. The molecule has 2 aliphatic rings. The van der Waals surface area contributed by atoms with Crippen LogP contribution < -0.4 is 0 Å². The zero-order chi connectivity index (χ0) is 12.3. The topological polar surface area (TPSA) is 35.8 Å². The predicted octanol–water partition coefficient (Wildman–Crippen LogP) is 1.20. The lowest BCUT2D eigenvalue weighted by Crippen LogP contribution is -2.31. The third kappa shape index (κ3) is 2.80. The molecule has 1 aliphatic heterocycles. The maximum Gasteiger partial charge on any atom is 0.0962 e. The third-order valence-corrected chi connectivity index (χ3v) is 5.52. The van der Waals surface area contributed by atoms with Crippen LogP contribution in [0.1, 0.15) is 26.7 Å². The van der Waals surface area contributed by atoms with Gasteiger partial charge < -0.3 is 10.0 Å². The molecule has 1 aliphatic carbocycles. The quantitative estimate of drug-likeness (QED) is 0.750. The minimum absolute atomic E-state index is 0.246. The minimum atomic E-state index is -0.320. The average Bonchev–Trinajstić information content (AvgIpc) is 2.72. The predicted molar refractivity (Wildman–Crippen MR) is 75.6 cm³/mol. The standard InChI is InChI=1S/C13H24N2OSi/c1-3-14-13-11(4-5-12(13)16)10(2)15-6-8-17-9-7-15/h12,16H,3-9,17H2,1-2H3/b11-10+,14-13?. The van der Waals surface area contributed by atoms with Gasteiger partial charge in [0.2, 0.25) is 0 Å². The largest absolute Gasteiger partial charge is 0.387 e. The molecule has 3 nitrogen and oxygen atoms in total. The van der Waals surface area contributed by atoms with Gasteiger partial charge in [0.15, 0.2) is 0 Å². The van der Waals surface area contributed by atoms with Gasteiger partial charge in [-0.1, -0.05) is 0 Å². The molecule has 0 aromatic rings. The average molecular weight is 252 g/mol. The first kappa shape index (κ1) is 12.8. The number of nitrogens with zero attached hydrogens (tertiary/aromatic N) is 2. The van der Waals surface area contributed by atoms with Crippen molar-refractivity contribution in [2.45, 2.75) is 44.9 Å². The minimum Gasteiger partial charge on any atom is -0.387 e. The molecule has 2 fully saturated rings. The van der Waals surface area contributed by atoms with Gasteiger partial charge in [-0.2, -0.15) is 0 Å². The van der Waals surface area contributed by atoms with Crippen LogP contribution in [0.4, 0.5) is 0 Å². The van der Waals surface area contributed by atoms with Crippen LogP contribution in [0, 0.1) is 0 Å². The summed E-state index contributed by atoms with van der Waals surface area (Å²) < 4.78 is 0. The van der Waals surface area contributed by atoms with Crippen LogP contribution in [0.5, 0.6) is 0 Å². The lowest BCUT2D eigenvalue weighted by atomic mass is 10.1. The molecule has 1 N–H and O–H groups in total. The Bertz CT molecular complexity index is 332. The van der Waals surface area contributed by atoms with Gasteiger partial charge in [0.25, 0.3) is 0 Å². The fraction of sp³-hybridized carbons (Fsp3) is 0.769. The van der Waals surface area contributed by atoms with E-state index in [0.29, 0.717) is 0 Å². The summed E-state index contributed by atoms with van der Waals surface area (Å²) >= 11 is 0. The first-order chi connectivity index (χ1) is 8.24. The van der Waals surface area contributed by atoms with Crippen LogP contribution in [0.3, 0.4) is 0 Å². The molecule has 1 saturated heterocycles. The molecule has 17 heavy (non-hydrogen) atoms. The molecule has 1 heterocycles. The van der Waals surface area contributed by atoms with Gasteiger partial charge in [-0.25, -0.2) is 0 Å². The number of allylic oxidation sites excluding steroid dienone is 1. The number of aliphatic hydroxyl groups is 1. The summed E-state index contributed by atoms with van der Waals surface area (Å²) in [5.74, 6) is 0. The van der Waals surface area contributed by atoms with E-state index in [4.69, 9.17) is 0 Å². The maximum absolute atomic E-state index is 9.96. The fourth-order valence-corrected chi connectivity index (χ4v) is 4.47. The van der Waals surface area contributed by atoms with E-state index in [1.54, 1.807) is 0 Å². The van der Waals surface area contributed by atoms with E-state index >= 15 is 0 Å². The first-order valence-corrected chi connectivity index (χ1v) is 8.91. The molecule has 0 bridgehead atoms. The van der Waals surface area contributed by atoms with Crippen molar-refractivity contribution in [2.75, 3.05) is 19.6 Å². The monoisotopic (exact) mass is 252 g/mol. The lowest BCUT2D eigenvalue weighted by molar-refractivity contribution is 0.242. The second-order valence-corrected chi connectivity index (χ2v) is 7.15. The molecule has 96 valence electrons. The Kier molecular flexibility index (Phi) is 4.40. The summed E-state index contributed by atoms with van der Waals surface area (Å²) in [6.45, 7) is 7.49. The van der Waals surface area contributed by atoms with Gasteiger partial charge in [-0.15, -0.1) is 0 Å². The Morgan fingerprint density at radius 1 is 1.47 bits per heavy atom. The van der Waals surface area contributed by atoms with Gasteiger partial charge in [-0.3, -0.25) is 4.99 Å². The van der Waals surface area contributed by atoms with Crippen molar-refractivity contribution in [3.8, 4) is 0 Å². The van der Waals surface area contributed by atoms with Crippen LogP contribution in [0.2, 0.25) is 12.1 Å². The number of hydrogen-bond donors (Lipinski definition) is 1. The Labute approximate surface area is 106 Å². The van der Waals surface area contributed by atoms with E-state index in [2.05, 4.69) is 16.8 Å². The smallest absolute Gasteiger partial charge is 0.0962 e. The van der Waals surface area contributed by atoms with E-state index in [-0.39, 0.29) is 15.6 Å². The van der Waals surface area contributed by atoms with Crippen LogP contribution in [-0.4, -0.2) is 51.0 Å². The summed E-state index contributed by atoms with van der Waals surface area (Å²) in [7, 11) is 0.246. The summed E-state index contributed by atoms with van der Waals surface area (Å²) in [5, 5.41) is 9.96. The third-order valence-electron chi connectivity index (χ3n) is 3.89. The van der Waals surface area contributed by atoms with E-state index < -0.39 is 0 Å². The molecule has 2 rings (SSSR count).